The molecule has 0 aliphatic heterocycles. The third-order valence-corrected chi connectivity index (χ3v) is 11.1. The van der Waals surface area contributed by atoms with Crippen LogP contribution in [0.3, 0.4) is 0 Å². The van der Waals surface area contributed by atoms with Crippen molar-refractivity contribution in [2.75, 3.05) is 13.2 Å². The first kappa shape index (κ1) is 30.5. The highest BCUT2D eigenvalue weighted by atomic mass is 19.1. The monoisotopic (exact) mass is 583 g/mol. The molecular formula is C33H42FNO7. The summed E-state index contributed by atoms with van der Waals surface area (Å²) in [5.41, 5.74) is -0.836. The molecule has 3 fully saturated rings. The fourth-order valence-electron chi connectivity index (χ4n) is 8.79. The van der Waals surface area contributed by atoms with Crippen molar-refractivity contribution in [2.45, 2.75) is 89.8 Å². The zero-order valence-electron chi connectivity index (χ0n) is 24.5. The highest BCUT2D eigenvalue weighted by Crippen LogP contribution is 2.67. The van der Waals surface area contributed by atoms with Crippen LogP contribution in [0.5, 0.6) is 0 Å². The summed E-state index contributed by atoms with van der Waals surface area (Å²) < 4.78 is 18.2. The number of allylic oxidation sites excluding steroid dienone is 1. The Labute approximate surface area is 246 Å². The van der Waals surface area contributed by atoms with Crippen LogP contribution in [-0.2, 0) is 30.3 Å². The lowest BCUT2D eigenvalue weighted by Crippen LogP contribution is -2.62. The van der Waals surface area contributed by atoms with Gasteiger partial charge < -0.3 is 20.3 Å². The van der Waals surface area contributed by atoms with Crippen molar-refractivity contribution in [1.82, 2.24) is 5.32 Å². The Morgan fingerprint density at radius 3 is 2.55 bits per heavy atom. The standard InChI is InChI=1S/C33H42FNO7/c1-31-14-11-23(36)17-21(31)5-8-24-25-12-15-33(41,32(25,2)18-26(37)30(24)31)27(38)19-42-29(40)10-9-28(39)35-16-13-20-3-6-22(34)7-4-20/h3-4,6-7,17,24-26,30,37,41H,5,8-16,18-19H2,1-2H3,(H,35,39)/t24-,25-,26+,30+,31-,32-,33-/m0/s1. The van der Waals surface area contributed by atoms with Crippen molar-refractivity contribution >= 4 is 23.4 Å². The molecule has 0 radical (unpaired) electrons. The number of nitrogens with one attached hydrogen (secondary N) is 1. The van der Waals surface area contributed by atoms with Crippen LogP contribution < -0.4 is 5.32 Å². The number of esters is 1. The van der Waals surface area contributed by atoms with E-state index < -0.39 is 35.5 Å². The predicted octanol–water partition coefficient (Wildman–Crippen LogP) is 3.61. The van der Waals surface area contributed by atoms with Crippen molar-refractivity contribution in [3.8, 4) is 0 Å². The van der Waals surface area contributed by atoms with Crippen LogP contribution in [0.4, 0.5) is 4.39 Å². The number of halogens is 1. The average molecular weight is 584 g/mol. The number of carbonyl (C=O) groups is 4. The Morgan fingerprint density at radius 1 is 1.07 bits per heavy atom. The lowest BCUT2D eigenvalue weighted by molar-refractivity contribution is -0.184. The maximum absolute atomic E-state index is 13.4. The van der Waals surface area contributed by atoms with E-state index in [0.717, 1.165) is 24.0 Å². The number of ether oxygens (including phenoxy) is 1. The third-order valence-electron chi connectivity index (χ3n) is 11.1. The van der Waals surface area contributed by atoms with E-state index in [4.69, 9.17) is 4.74 Å². The molecular weight excluding hydrogens is 541 g/mol. The number of hydrogen-bond acceptors (Lipinski definition) is 7. The molecule has 1 amide bonds. The van der Waals surface area contributed by atoms with Gasteiger partial charge in [-0.15, -0.1) is 0 Å². The lowest BCUT2D eigenvalue weighted by Gasteiger charge is -2.60. The number of hydrogen-bond donors (Lipinski definition) is 3. The number of aliphatic hydroxyl groups is 2. The van der Waals surface area contributed by atoms with Gasteiger partial charge >= 0.3 is 5.97 Å². The highest BCUT2D eigenvalue weighted by Gasteiger charge is 2.68. The molecule has 8 nitrogen and oxygen atoms in total. The Morgan fingerprint density at radius 2 is 1.81 bits per heavy atom. The van der Waals surface area contributed by atoms with Crippen LogP contribution in [0.1, 0.15) is 77.2 Å². The van der Waals surface area contributed by atoms with Crippen molar-refractivity contribution in [1.29, 1.82) is 0 Å². The minimum absolute atomic E-state index is 0.0270. The summed E-state index contributed by atoms with van der Waals surface area (Å²) in [6.45, 7) is 3.80. The fraction of sp³-hybridized carbons (Fsp3) is 0.636. The van der Waals surface area contributed by atoms with Gasteiger partial charge in [0, 0.05) is 24.8 Å². The van der Waals surface area contributed by atoms with E-state index in [0.29, 0.717) is 32.2 Å². The van der Waals surface area contributed by atoms with Crippen molar-refractivity contribution in [3.05, 3.63) is 47.3 Å². The number of rotatable bonds is 9. The Balaban J connectivity index is 1.13. The zero-order chi connectivity index (χ0) is 30.3. The third kappa shape index (κ3) is 5.46. The van der Waals surface area contributed by atoms with Crippen LogP contribution in [0.25, 0.3) is 0 Å². The van der Waals surface area contributed by atoms with E-state index in [9.17, 15) is 33.8 Å². The van der Waals surface area contributed by atoms with Gasteiger partial charge in [0.1, 0.15) is 11.4 Å². The number of aliphatic hydroxyl groups excluding tert-OH is 1. The van der Waals surface area contributed by atoms with Gasteiger partial charge in [-0.05, 0) is 91.9 Å². The summed E-state index contributed by atoms with van der Waals surface area (Å²) in [6, 6.07) is 6.00. The van der Waals surface area contributed by atoms with E-state index >= 15 is 0 Å². The summed E-state index contributed by atoms with van der Waals surface area (Å²) in [5.74, 6) is -1.65. The molecule has 228 valence electrons. The summed E-state index contributed by atoms with van der Waals surface area (Å²) in [6.07, 6.45) is 5.22. The summed E-state index contributed by atoms with van der Waals surface area (Å²) in [5, 5.41) is 26.0. The number of Topliss-reactive ketones (excluding diaryl/α,β-unsaturated/α-hetero) is 1. The normalized spacial score (nSPS) is 35.4. The van der Waals surface area contributed by atoms with Crippen LogP contribution in [-0.4, -0.2) is 58.5 Å². The molecule has 1 aromatic rings. The minimum atomic E-state index is -1.72. The van der Waals surface area contributed by atoms with Crippen molar-refractivity contribution < 1.29 is 38.5 Å². The Bertz CT molecular complexity index is 1280. The van der Waals surface area contributed by atoms with Crippen LogP contribution in [0.15, 0.2) is 35.9 Å². The van der Waals surface area contributed by atoms with Gasteiger partial charge in [-0.25, -0.2) is 4.39 Å². The van der Waals surface area contributed by atoms with Gasteiger partial charge in [-0.3, -0.25) is 19.2 Å². The van der Waals surface area contributed by atoms with Gasteiger partial charge in [0.25, 0.3) is 0 Å². The molecule has 0 bridgehead atoms. The molecule has 3 N–H and O–H groups in total. The summed E-state index contributed by atoms with van der Waals surface area (Å²) in [4.78, 5) is 50.0. The molecule has 0 saturated heterocycles. The maximum Gasteiger partial charge on any atom is 0.306 e. The Hall–Kier alpha value is -2.91. The van der Waals surface area contributed by atoms with Crippen LogP contribution >= 0.6 is 0 Å². The molecule has 4 aliphatic carbocycles. The molecule has 1 aromatic carbocycles. The van der Waals surface area contributed by atoms with Crippen LogP contribution in [0, 0.1) is 34.4 Å². The van der Waals surface area contributed by atoms with E-state index in [2.05, 4.69) is 12.2 Å². The van der Waals surface area contributed by atoms with Gasteiger partial charge in [-0.2, -0.15) is 0 Å². The van der Waals surface area contributed by atoms with E-state index in [1.807, 2.05) is 6.92 Å². The van der Waals surface area contributed by atoms with Gasteiger partial charge in [0.05, 0.1) is 12.5 Å². The minimum Gasteiger partial charge on any atom is -0.458 e. The number of carbonyl (C=O) groups excluding carboxylic acids is 4. The lowest BCUT2D eigenvalue weighted by atomic mass is 9.45. The van der Waals surface area contributed by atoms with E-state index in [1.54, 1.807) is 18.2 Å². The van der Waals surface area contributed by atoms with E-state index in [1.165, 1.54) is 12.1 Å². The summed E-state index contributed by atoms with van der Waals surface area (Å²) in [7, 11) is 0. The van der Waals surface area contributed by atoms with E-state index in [-0.39, 0.29) is 66.4 Å². The molecule has 0 unspecified atom stereocenters. The number of benzene rings is 1. The highest BCUT2D eigenvalue weighted by molar-refractivity contribution is 5.92. The largest absolute Gasteiger partial charge is 0.458 e. The molecule has 0 spiro atoms. The van der Waals surface area contributed by atoms with Gasteiger partial charge in [0.2, 0.25) is 11.7 Å². The first-order valence-corrected chi connectivity index (χ1v) is 15.2. The quantitative estimate of drug-likeness (QED) is 0.379. The second-order valence-corrected chi connectivity index (χ2v) is 13.3. The first-order valence-electron chi connectivity index (χ1n) is 15.2. The van der Waals surface area contributed by atoms with Gasteiger partial charge in [-0.1, -0.05) is 31.6 Å². The van der Waals surface area contributed by atoms with Crippen LogP contribution in [0.2, 0.25) is 0 Å². The molecule has 42 heavy (non-hydrogen) atoms. The first-order chi connectivity index (χ1) is 19.9. The zero-order valence-corrected chi connectivity index (χ0v) is 24.5. The SMILES string of the molecule is C[C@]12CCC(=O)C=C1CC[C@@H]1[C@@H]2[C@H](O)C[C@@]2(C)[C@H]1CC[C@]2(O)C(=O)COC(=O)CCC(=O)NCCc1ccc(F)cc1. The van der Waals surface area contributed by atoms with Crippen molar-refractivity contribution in [2.24, 2.45) is 28.6 Å². The number of amides is 1. The smallest absolute Gasteiger partial charge is 0.306 e. The molecule has 0 heterocycles. The maximum atomic E-state index is 13.4. The molecule has 4 aliphatic rings. The predicted molar refractivity (Wildman–Crippen MR) is 151 cm³/mol. The second-order valence-electron chi connectivity index (χ2n) is 13.3. The second kappa shape index (κ2) is 11.6. The average Bonchev–Trinajstić information content (AvgIpc) is 3.22. The number of ketones is 2. The Kier molecular flexibility index (Phi) is 8.47. The van der Waals surface area contributed by atoms with Gasteiger partial charge in [0.15, 0.2) is 12.4 Å². The fourth-order valence-corrected chi connectivity index (χ4v) is 8.79. The molecule has 0 aromatic heterocycles. The molecule has 3 saturated carbocycles. The topological polar surface area (TPSA) is 130 Å². The molecule has 7 atom stereocenters. The molecule has 9 heteroatoms. The number of fused-ring (bicyclic) bond motifs is 5. The summed E-state index contributed by atoms with van der Waals surface area (Å²) >= 11 is 0. The molecule has 5 rings (SSSR count). The van der Waals surface area contributed by atoms with Crippen molar-refractivity contribution in [3.63, 3.8) is 0 Å².